The van der Waals surface area contributed by atoms with Gasteiger partial charge >= 0.3 is 18.2 Å². The van der Waals surface area contributed by atoms with Gasteiger partial charge in [0.2, 0.25) is 0 Å². The number of aromatic nitrogens is 2. The molecule has 0 fully saturated rings. The molecule has 0 aliphatic rings. The molecule has 0 aliphatic carbocycles. The highest BCUT2D eigenvalue weighted by Crippen LogP contribution is 2.46. The molecule has 51 heavy (non-hydrogen) atoms. The Bertz CT molecular complexity index is 1830. The maximum absolute atomic E-state index is 14.0. The normalized spacial score (nSPS) is 11.3. The number of anilines is 4. The lowest BCUT2D eigenvalue weighted by atomic mass is 10.1. The lowest BCUT2D eigenvalue weighted by Gasteiger charge is -2.30. The number of hydrogen-bond acceptors (Lipinski definition) is 13. The Morgan fingerprint density at radius 1 is 0.863 bits per heavy atom. The second-order valence-corrected chi connectivity index (χ2v) is 13.4. The topological polar surface area (TPSA) is 204 Å². The number of likely N-dealkylation sites (N-methyl/N-ethyl adjacent to an activating group) is 1. The first-order valence-corrected chi connectivity index (χ1v) is 15.6. The van der Waals surface area contributed by atoms with E-state index in [1.54, 1.807) is 41.5 Å². The third kappa shape index (κ3) is 9.64. The van der Waals surface area contributed by atoms with Crippen LogP contribution in [-0.2, 0) is 14.3 Å². The van der Waals surface area contributed by atoms with Gasteiger partial charge in [0.25, 0.3) is 11.6 Å². The fraction of sp³-hybridized carbons (Fsp3) is 0.375. The minimum absolute atomic E-state index is 0.00345. The van der Waals surface area contributed by atoms with Crippen LogP contribution in [0.15, 0.2) is 36.7 Å². The van der Waals surface area contributed by atoms with Crippen molar-refractivity contribution in [3.63, 3.8) is 0 Å². The zero-order chi connectivity index (χ0) is 38.6. The predicted molar refractivity (Wildman–Crippen MR) is 187 cm³/mol. The summed E-state index contributed by atoms with van der Waals surface area (Å²) in [6.07, 6.45) is -1.20. The van der Waals surface area contributed by atoms with E-state index in [1.165, 1.54) is 38.3 Å². The fourth-order valence-electron chi connectivity index (χ4n) is 4.33. The summed E-state index contributed by atoms with van der Waals surface area (Å²) in [5.41, 5.74) is -3.91. The van der Waals surface area contributed by atoms with Gasteiger partial charge in [0, 0.05) is 25.2 Å². The van der Waals surface area contributed by atoms with E-state index in [0.29, 0.717) is 4.90 Å². The summed E-state index contributed by atoms with van der Waals surface area (Å²) in [4.78, 5) is 74.8. The number of methoxy groups -OCH3 is 2. The number of amides is 3. The number of carbonyl (C=O) groups is 4. The van der Waals surface area contributed by atoms with Crippen molar-refractivity contribution < 1.29 is 48.2 Å². The maximum Gasteiger partial charge on any atom is 0.421 e. The van der Waals surface area contributed by atoms with Gasteiger partial charge in [-0.25, -0.2) is 34.2 Å². The lowest BCUT2D eigenvalue weighted by Crippen LogP contribution is -2.46. The smallest absolute Gasteiger partial charge is 0.421 e. The van der Waals surface area contributed by atoms with Crippen molar-refractivity contribution in [2.75, 3.05) is 42.5 Å². The van der Waals surface area contributed by atoms with Gasteiger partial charge in [0.15, 0.2) is 0 Å². The van der Waals surface area contributed by atoms with E-state index in [9.17, 15) is 34.4 Å². The van der Waals surface area contributed by atoms with Crippen LogP contribution < -0.4 is 24.2 Å². The number of ether oxygens (including phenoxy) is 4. The van der Waals surface area contributed by atoms with Gasteiger partial charge in [0.1, 0.15) is 62.1 Å². The molecule has 0 saturated carbocycles. The maximum atomic E-state index is 14.0. The van der Waals surface area contributed by atoms with Crippen LogP contribution in [0.4, 0.5) is 38.3 Å². The number of nitro groups is 1. The molecule has 0 saturated heterocycles. The fourth-order valence-corrected chi connectivity index (χ4v) is 5.00. The summed E-state index contributed by atoms with van der Waals surface area (Å²) in [6, 6.07) is 5.52. The first-order chi connectivity index (χ1) is 23.6. The van der Waals surface area contributed by atoms with Crippen LogP contribution in [0.1, 0.15) is 51.9 Å². The number of halogens is 2. The molecule has 0 aliphatic heterocycles. The molecule has 1 N–H and O–H groups in total. The number of benzene rings is 2. The van der Waals surface area contributed by atoms with Gasteiger partial charge in [-0.3, -0.25) is 14.9 Å². The average molecular weight is 752 g/mol. The van der Waals surface area contributed by atoms with Crippen molar-refractivity contribution in [3.05, 3.63) is 62.4 Å². The van der Waals surface area contributed by atoms with E-state index in [-0.39, 0.29) is 44.6 Å². The van der Waals surface area contributed by atoms with Crippen LogP contribution in [0, 0.1) is 10.1 Å². The second-order valence-electron chi connectivity index (χ2n) is 12.6. The molecular weight excluding hydrogens is 715 g/mol. The quantitative estimate of drug-likeness (QED) is 0.166. The average Bonchev–Trinajstić information content (AvgIpc) is 3.01. The number of imide groups is 1. The molecule has 2 aromatic carbocycles. The van der Waals surface area contributed by atoms with Crippen LogP contribution in [0.5, 0.6) is 11.5 Å². The Hall–Kier alpha value is -5.42. The molecule has 1 aromatic heterocycles. The van der Waals surface area contributed by atoms with E-state index in [1.807, 2.05) is 0 Å². The van der Waals surface area contributed by atoms with Gasteiger partial charge in [-0.2, -0.15) is 0 Å². The molecule has 0 unspecified atom stereocenters. The SMILES string of the molecule is COc1cc(OC)c(Cl)c(N(C(=O)CN(C)c2cc(N(C(=O)OC(C)(C)C)c3ccc(C(=O)O)cc3[N+](=O)[O-])ncn2)C(=O)OC(C)(C)C)c1Cl. The summed E-state index contributed by atoms with van der Waals surface area (Å²) in [6.45, 7) is 8.91. The molecular formula is C32H36Cl2N6O11. The molecule has 274 valence electrons. The van der Waals surface area contributed by atoms with Crippen molar-refractivity contribution in [2.24, 2.45) is 0 Å². The monoisotopic (exact) mass is 750 g/mol. The summed E-state index contributed by atoms with van der Waals surface area (Å²) >= 11 is 13.1. The largest absolute Gasteiger partial charge is 0.495 e. The van der Waals surface area contributed by atoms with Crippen LogP contribution in [0.3, 0.4) is 0 Å². The summed E-state index contributed by atoms with van der Waals surface area (Å²) in [5.74, 6) is -2.51. The Kier molecular flexibility index (Phi) is 12.3. The molecule has 19 heteroatoms. The summed E-state index contributed by atoms with van der Waals surface area (Å²) in [5, 5.41) is 21.1. The molecule has 0 atom stereocenters. The van der Waals surface area contributed by atoms with Crippen molar-refractivity contribution in [3.8, 4) is 11.5 Å². The number of carbonyl (C=O) groups excluding carboxylic acids is 3. The molecule has 3 rings (SSSR count). The third-order valence-corrected chi connectivity index (χ3v) is 7.20. The summed E-state index contributed by atoms with van der Waals surface area (Å²) < 4.78 is 21.6. The Morgan fingerprint density at radius 3 is 1.88 bits per heavy atom. The Morgan fingerprint density at radius 2 is 1.39 bits per heavy atom. The van der Waals surface area contributed by atoms with E-state index >= 15 is 0 Å². The van der Waals surface area contributed by atoms with Gasteiger partial charge < -0.3 is 29.0 Å². The van der Waals surface area contributed by atoms with Gasteiger partial charge in [-0.05, 0) is 53.7 Å². The zero-order valence-corrected chi connectivity index (χ0v) is 30.7. The van der Waals surface area contributed by atoms with Gasteiger partial charge in [-0.15, -0.1) is 0 Å². The van der Waals surface area contributed by atoms with Crippen LogP contribution in [0.25, 0.3) is 0 Å². The van der Waals surface area contributed by atoms with Gasteiger partial charge in [0.05, 0.1) is 31.3 Å². The zero-order valence-electron chi connectivity index (χ0n) is 29.1. The first-order valence-electron chi connectivity index (χ1n) is 14.8. The molecule has 0 radical (unpaired) electrons. The van der Waals surface area contributed by atoms with Crippen molar-refractivity contribution in [2.45, 2.75) is 52.7 Å². The van der Waals surface area contributed by atoms with Gasteiger partial charge in [-0.1, -0.05) is 23.2 Å². The van der Waals surface area contributed by atoms with Crippen molar-refractivity contribution in [1.82, 2.24) is 9.97 Å². The number of nitrogens with zero attached hydrogens (tertiary/aromatic N) is 6. The highest BCUT2D eigenvalue weighted by Gasteiger charge is 2.36. The van der Waals surface area contributed by atoms with E-state index in [2.05, 4.69) is 9.97 Å². The molecule has 1 heterocycles. The Balaban J connectivity index is 2.15. The lowest BCUT2D eigenvalue weighted by molar-refractivity contribution is -0.384. The molecule has 17 nitrogen and oxygen atoms in total. The first kappa shape index (κ1) is 40.0. The number of carboxylic acid groups (broad SMARTS) is 1. The molecule has 3 aromatic rings. The Labute approximate surface area is 302 Å². The minimum atomic E-state index is -1.43. The van der Waals surface area contributed by atoms with E-state index in [4.69, 9.17) is 42.1 Å². The molecule has 3 amide bonds. The number of hydrogen-bond donors (Lipinski definition) is 1. The standard InChI is InChI=1S/C32H36Cl2N6O11/c1-31(2,3)50-29(44)38(18-11-10-17(28(42)43)12-19(18)40(46)47)23-14-22(35-16-36-23)37(7)15-24(41)39(30(45)51-32(4,5)6)27-25(33)20(48-8)13-21(49-9)26(27)34/h10-14,16H,15H2,1-9H3,(H,42,43). The van der Waals surface area contributed by atoms with Crippen LogP contribution in [0.2, 0.25) is 10.0 Å². The van der Waals surface area contributed by atoms with E-state index < -0.39 is 58.0 Å². The minimum Gasteiger partial charge on any atom is -0.495 e. The number of aromatic carboxylic acids is 1. The third-order valence-electron chi connectivity index (χ3n) is 6.47. The molecule has 0 spiro atoms. The number of nitro benzene ring substituents is 1. The van der Waals surface area contributed by atoms with Crippen molar-refractivity contribution >= 4 is 76.0 Å². The molecule has 0 bridgehead atoms. The number of rotatable bonds is 10. The summed E-state index contributed by atoms with van der Waals surface area (Å²) in [7, 11) is 4.05. The number of carboxylic acids is 1. The van der Waals surface area contributed by atoms with Crippen molar-refractivity contribution in [1.29, 1.82) is 0 Å². The highest BCUT2D eigenvalue weighted by atomic mass is 35.5. The second kappa shape index (κ2) is 15.6. The highest BCUT2D eigenvalue weighted by molar-refractivity contribution is 6.43. The predicted octanol–water partition coefficient (Wildman–Crippen LogP) is 6.88. The van der Waals surface area contributed by atoms with Crippen LogP contribution in [-0.4, -0.2) is 83.1 Å². The van der Waals surface area contributed by atoms with E-state index in [0.717, 1.165) is 29.4 Å². The van der Waals surface area contributed by atoms with Crippen LogP contribution >= 0.6 is 23.2 Å².